The monoisotopic (exact) mass is 246 g/mol. The van der Waals surface area contributed by atoms with E-state index in [9.17, 15) is 5.11 Å². The molecule has 0 aliphatic carbocycles. The van der Waals surface area contributed by atoms with Gasteiger partial charge in [0.25, 0.3) is 0 Å². The third-order valence-corrected chi connectivity index (χ3v) is 2.97. The van der Waals surface area contributed by atoms with E-state index in [1.54, 1.807) is 16.9 Å². The standard InChI is InChI=1S/C13H18N4O/c1-9-4-5-10(7-15-9)17-12(14)6-11(16-17)13(2,3)8-18/h4-7,18H,8,14H2,1-3H3. The molecule has 2 rings (SSSR count). The van der Waals surface area contributed by atoms with E-state index in [1.165, 1.54) is 0 Å². The molecule has 5 nitrogen and oxygen atoms in total. The van der Waals surface area contributed by atoms with E-state index in [-0.39, 0.29) is 6.61 Å². The van der Waals surface area contributed by atoms with Crippen LogP contribution in [0.3, 0.4) is 0 Å². The number of nitrogens with two attached hydrogens (primary N) is 1. The maximum Gasteiger partial charge on any atom is 0.127 e. The van der Waals surface area contributed by atoms with E-state index >= 15 is 0 Å². The summed E-state index contributed by atoms with van der Waals surface area (Å²) in [4.78, 5) is 4.22. The Labute approximate surface area is 106 Å². The molecule has 0 saturated heterocycles. The molecule has 5 heteroatoms. The lowest BCUT2D eigenvalue weighted by Crippen LogP contribution is -2.22. The van der Waals surface area contributed by atoms with Crippen LogP contribution >= 0.6 is 0 Å². The smallest absolute Gasteiger partial charge is 0.127 e. The zero-order valence-corrected chi connectivity index (χ0v) is 10.9. The number of rotatable bonds is 3. The minimum absolute atomic E-state index is 0.0234. The lowest BCUT2D eigenvalue weighted by atomic mass is 9.91. The molecule has 96 valence electrons. The van der Waals surface area contributed by atoms with Crippen molar-refractivity contribution in [2.24, 2.45) is 0 Å². The van der Waals surface area contributed by atoms with Gasteiger partial charge in [0.05, 0.1) is 24.2 Å². The van der Waals surface area contributed by atoms with E-state index in [1.807, 2.05) is 32.9 Å². The summed E-state index contributed by atoms with van der Waals surface area (Å²) in [5, 5.41) is 13.8. The number of nitrogens with zero attached hydrogens (tertiary/aromatic N) is 3. The van der Waals surface area contributed by atoms with E-state index in [2.05, 4.69) is 10.1 Å². The fourth-order valence-electron chi connectivity index (χ4n) is 1.60. The molecular weight excluding hydrogens is 228 g/mol. The van der Waals surface area contributed by atoms with Crippen LogP contribution in [0.25, 0.3) is 5.69 Å². The van der Waals surface area contributed by atoms with Crippen LogP contribution < -0.4 is 5.73 Å². The molecule has 3 N–H and O–H groups in total. The van der Waals surface area contributed by atoms with Gasteiger partial charge in [-0.15, -0.1) is 0 Å². The summed E-state index contributed by atoms with van der Waals surface area (Å²) in [5.41, 5.74) is 8.08. The van der Waals surface area contributed by atoms with Crippen molar-refractivity contribution in [2.45, 2.75) is 26.2 Å². The van der Waals surface area contributed by atoms with Gasteiger partial charge in [0.15, 0.2) is 0 Å². The highest BCUT2D eigenvalue weighted by molar-refractivity contribution is 5.43. The first kappa shape index (κ1) is 12.6. The quantitative estimate of drug-likeness (QED) is 0.858. The van der Waals surface area contributed by atoms with Crippen LogP contribution in [0.2, 0.25) is 0 Å². The van der Waals surface area contributed by atoms with Crippen LogP contribution in [0.1, 0.15) is 25.2 Å². The van der Waals surface area contributed by atoms with Crippen LogP contribution in [-0.2, 0) is 5.41 Å². The summed E-state index contributed by atoms with van der Waals surface area (Å²) in [6.07, 6.45) is 1.73. The average Bonchev–Trinajstić information content (AvgIpc) is 2.73. The van der Waals surface area contributed by atoms with Gasteiger partial charge in [0, 0.05) is 17.2 Å². The number of hydrogen-bond donors (Lipinski definition) is 2. The minimum atomic E-state index is -0.405. The van der Waals surface area contributed by atoms with Gasteiger partial charge in [-0.05, 0) is 19.1 Å². The molecule has 0 atom stereocenters. The van der Waals surface area contributed by atoms with Crippen LogP contribution in [-0.4, -0.2) is 26.5 Å². The van der Waals surface area contributed by atoms with Gasteiger partial charge < -0.3 is 10.8 Å². The molecule has 2 aromatic rings. The molecule has 0 aromatic carbocycles. The number of aromatic nitrogens is 3. The number of aliphatic hydroxyl groups excluding tert-OH is 1. The molecule has 0 fully saturated rings. The molecule has 2 heterocycles. The minimum Gasteiger partial charge on any atom is -0.395 e. The lowest BCUT2D eigenvalue weighted by molar-refractivity contribution is 0.215. The average molecular weight is 246 g/mol. The number of anilines is 1. The Bertz CT molecular complexity index is 543. The van der Waals surface area contributed by atoms with Gasteiger partial charge in [0.2, 0.25) is 0 Å². The number of pyridine rings is 1. The lowest BCUT2D eigenvalue weighted by Gasteiger charge is -2.18. The van der Waals surface area contributed by atoms with Crippen LogP contribution in [0.15, 0.2) is 24.4 Å². The third-order valence-electron chi connectivity index (χ3n) is 2.97. The fourth-order valence-corrected chi connectivity index (χ4v) is 1.60. The largest absolute Gasteiger partial charge is 0.395 e. The van der Waals surface area contributed by atoms with Gasteiger partial charge in [0.1, 0.15) is 5.82 Å². The summed E-state index contributed by atoms with van der Waals surface area (Å²) in [6.45, 7) is 5.80. The van der Waals surface area contributed by atoms with E-state index in [0.29, 0.717) is 5.82 Å². The van der Waals surface area contributed by atoms with E-state index in [0.717, 1.165) is 17.1 Å². The highest BCUT2D eigenvalue weighted by atomic mass is 16.3. The maximum atomic E-state index is 9.35. The number of aryl methyl sites for hydroxylation is 1. The third kappa shape index (κ3) is 2.22. The molecule has 0 amide bonds. The Balaban J connectivity index is 2.44. The predicted octanol–water partition coefficient (Wildman–Crippen LogP) is 1.43. The Hall–Kier alpha value is -1.88. The first-order valence-corrected chi connectivity index (χ1v) is 5.84. The van der Waals surface area contributed by atoms with Crippen LogP contribution in [0, 0.1) is 6.92 Å². The highest BCUT2D eigenvalue weighted by Gasteiger charge is 2.24. The van der Waals surface area contributed by atoms with Crippen molar-refractivity contribution in [3.05, 3.63) is 35.8 Å². The first-order chi connectivity index (χ1) is 8.44. The van der Waals surface area contributed by atoms with Gasteiger partial charge >= 0.3 is 0 Å². The molecule has 0 unspecified atom stereocenters. The second-order valence-corrected chi connectivity index (χ2v) is 5.07. The molecule has 0 spiro atoms. The Morgan fingerprint density at radius 1 is 1.39 bits per heavy atom. The Morgan fingerprint density at radius 2 is 2.11 bits per heavy atom. The van der Waals surface area contributed by atoms with Crippen molar-refractivity contribution < 1.29 is 5.11 Å². The number of hydrogen-bond acceptors (Lipinski definition) is 4. The van der Waals surface area contributed by atoms with Crippen LogP contribution in [0.5, 0.6) is 0 Å². The summed E-state index contributed by atoms with van der Waals surface area (Å²) >= 11 is 0. The van der Waals surface area contributed by atoms with Crippen molar-refractivity contribution in [3.63, 3.8) is 0 Å². The van der Waals surface area contributed by atoms with Crippen molar-refractivity contribution in [2.75, 3.05) is 12.3 Å². The number of nitrogen functional groups attached to an aromatic ring is 1. The molecule has 0 bridgehead atoms. The normalized spacial score (nSPS) is 11.8. The topological polar surface area (TPSA) is 77.0 Å². The summed E-state index contributed by atoms with van der Waals surface area (Å²) in [5.74, 6) is 0.539. The fraction of sp³-hybridized carbons (Fsp3) is 0.385. The van der Waals surface area contributed by atoms with Crippen molar-refractivity contribution in [1.82, 2.24) is 14.8 Å². The Morgan fingerprint density at radius 3 is 2.67 bits per heavy atom. The zero-order valence-electron chi connectivity index (χ0n) is 10.9. The molecule has 0 saturated carbocycles. The first-order valence-electron chi connectivity index (χ1n) is 5.84. The highest BCUT2D eigenvalue weighted by Crippen LogP contribution is 2.24. The van der Waals surface area contributed by atoms with Gasteiger partial charge in [-0.2, -0.15) is 5.10 Å². The van der Waals surface area contributed by atoms with Gasteiger partial charge in [-0.1, -0.05) is 13.8 Å². The molecule has 18 heavy (non-hydrogen) atoms. The Kier molecular flexibility index (Phi) is 3.09. The second-order valence-electron chi connectivity index (χ2n) is 5.07. The zero-order chi connectivity index (χ0) is 13.3. The second kappa shape index (κ2) is 4.42. The molecule has 0 aliphatic heterocycles. The van der Waals surface area contributed by atoms with Crippen molar-refractivity contribution in [3.8, 4) is 5.69 Å². The predicted molar refractivity (Wildman–Crippen MR) is 70.6 cm³/mol. The molecule has 2 aromatic heterocycles. The van der Waals surface area contributed by atoms with E-state index < -0.39 is 5.41 Å². The number of aliphatic hydroxyl groups is 1. The SMILES string of the molecule is Cc1ccc(-n2nc(C(C)(C)CO)cc2N)cn1. The van der Waals surface area contributed by atoms with Gasteiger partial charge in [-0.25, -0.2) is 4.68 Å². The van der Waals surface area contributed by atoms with Crippen LogP contribution in [0.4, 0.5) is 5.82 Å². The molecular formula is C13H18N4O. The summed E-state index contributed by atoms with van der Waals surface area (Å²) < 4.78 is 1.64. The van der Waals surface area contributed by atoms with Crippen molar-refractivity contribution >= 4 is 5.82 Å². The summed E-state index contributed by atoms with van der Waals surface area (Å²) in [7, 11) is 0. The van der Waals surface area contributed by atoms with E-state index in [4.69, 9.17) is 5.73 Å². The summed E-state index contributed by atoms with van der Waals surface area (Å²) in [6, 6.07) is 5.62. The molecule has 0 radical (unpaired) electrons. The molecule has 0 aliphatic rings. The van der Waals surface area contributed by atoms with Crippen molar-refractivity contribution in [1.29, 1.82) is 0 Å². The maximum absolute atomic E-state index is 9.35. The van der Waals surface area contributed by atoms with Gasteiger partial charge in [-0.3, -0.25) is 4.98 Å².